The van der Waals surface area contributed by atoms with E-state index in [9.17, 15) is 0 Å². The lowest BCUT2D eigenvalue weighted by atomic mass is 9.33. The molecule has 2 aliphatic carbocycles. The molecule has 0 amide bonds. The van der Waals surface area contributed by atoms with E-state index in [1.54, 1.807) is 0 Å². The highest BCUT2D eigenvalue weighted by Gasteiger charge is 2.58. The average molecular weight is 980 g/mol. The molecule has 75 heavy (non-hydrogen) atoms. The maximum Gasteiger partial charge on any atom is 0.252 e. The van der Waals surface area contributed by atoms with Gasteiger partial charge in [0.15, 0.2) is 0 Å². The Morgan fingerprint density at radius 1 is 0.400 bits per heavy atom. The predicted molar refractivity (Wildman–Crippen MR) is 322 cm³/mol. The summed E-state index contributed by atoms with van der Waals surface area (Å²) in [5.41, 5.74) is 27.1. The van der Waals surface area contributed by atoms with Crippen LogP contribution in [-0.4, -0.2) is 12.3 Å². The van der Waals surface area contributed by atoms with Gasteiger partial charge in [-0.25, -0.2) is 0 Å². The average Bonchev–Trinajstić information content (AvgIpc) is 3.74. The highest BCUT2D eigenvalue weighted by Crippen LogP contribution is 2.62. The minimum atomic E-state index is -0.181. The third-order valence-corrected chi connectivity index (χ3v) is 19.1. The molecule has 0 spiro atoms. The maximum atomic E-state index is 2.81. The lowest BCUT2D eigenvalue weighted by molar-refractivity contribution is 0.195. The Morgan fingerprint density at radius 2 is 0.973 bits per heavy atom. The van der Waals surface area contributed by atoms with Crippen molar-refractivity contribution in [3.05, 3.63) is 197 Å². The second-order valence-electron chi connectivity index (χ2n) is 27.0. The first-order valence-electron chi connectivity index (χ1n) is 28.0. The van der Waals surface area contributed by atoms with Gasteiger partial charge in [0.05, 0.1) is 11.2 Å². The van der Waals surface area contributed by atoms with Crippen LogP contribution >= 0.6 is 0 Å². The first kappa shape index (κ1) is 47.9. The van der Waals surface area contributed by atoms with E-state index in [2.05, 4.69) is 269 Å². The second kappa shape index (κ2) is 16.1. The van der Waals surface area contributed by atoms with Crippen molar-refractivity contribution in [1.82, 2.24) is 0 Å². The summed E-state index contributed by atoms with van der Waals surface area (Å²) in [6.07, 6.45) is 4.77. The van der Waals surface area contributed by atoms with Crippen LogP contribution in [-0.2, 0) is 27.1 Å². The molecule has 376 valence electrons. The van der Waals surface area contributed by atoms with E-state index in [0.29, 0.717) is 0 Å². The molecule has 8 aromatic carbocycles. The van der Waals surface area contributed by atoms with E-state index in [4.69, 9.17) is 0 Å². The Bertz CT molecular complexity index is 3640. The summed E-state index contributed by atoms with van der Waals surface area (Å²) in [6, 6.07) is 64.7. The normalized spacial score (nSPS) is 20.0. The third-order valence-electron chi connectivity index (χ3n) is 19.1. The van der Waals surface area contributed by atoms with Crippen LogP contribution in [0.1, 0.15) is 149 Å². The van der Waals surface area contributed by atoms with Gasteiger partial charge >= 0.3 is 0 Å². The van der Waals surface area contributed by atoms with Crippen molar-refractivity contribution in [3.8, 4) is 22.3 Å². The molecule has 2 unspecified atom stereocenters. The van der Waals surface area contributed by atoms with Gasteiger partial charge in [-0.2, -0.15) is 0 Å². The van der Waals surface area contributed by atoms with E-state index in [1.807, 2.05) is 0 Å². The zero-order valence-corrected chi connectivity index (χ0v) is 46.8. The fourth-order valence-electron chi connectivity index (χ4n) is 14.6. The standard InChI is InChI=1S/C71H74BN3/c1-66(2,3)46-29-33-49(34-30-46)73-61-36-32-48(68(7,8)9)40-57(61)72-58-44-56-53(51-25-17-18-26-54(51)69(56,10)11)43-62(58)74(59-35-31-47(67(4,5)6)39-52(59)45-23-15-14-16-24-45)64-42-50(41-63(73)65(64)72)75-60-28-20-19-27-55(60)70(12)37-21-22-38-71(70,75)13/h14-20,23-36,39-44H,21-22,37-38H2,1-13H3. The fourth-order valence-corrected chi connectivity index (χ4v) is 14.6. The molecule has 3 heterocycles. The first-order valence-corrected chi connectivity index (χ1v) is 28.0. The molecule has 0 radical (unpaired) electrons. The van der Waals surface area contributed by atoms with Crippen LogP contribution in [0, 0.1) is 0 Å². The fraction of sp³-hybridized carbons (Fsp3) is 0.324. The van der Waals surface area contributed by atoms with Crippen molar-refractivity contribution in [2.24, 2.45) is 0 Å². The number of hydrogen-bond acceptors (Lipinski definition) is 3. The van der Waals surface area contributed by atoms with E-state index in [1.165, 1.54) is 137 Å². The summed E-state index contributed by atoms with van der Waals surface area (Å²) in [5.74, 6) is 0. The summed E-state index contributed by atoms with van der Waals surface area (Å²) < 4.78 is 0. The van der Waals surface area contributed by atoms with Crippen molar-refractivity contribution in [2.45, 2.75) is 148 Å². The smallest absolute Gasteiger partial charge is 0.252 e. The van der Waals surface area contributed by atoms with E-state index in [0.717, 1.165) is 6.42 Å². The summed E-state index contributed by atoms with van der Waals surface area (Å²) >= 11 is 0. The number of anilines is 8. The molecule has 4 heteroatoms. The van der Waals surface area contributed by atoms with E-state index >= 15 is 0 Å². The van der Waals surface area contributed by atoms with Crippen LogP contribution in [0.15, 0.2) is 164 Å². The van der Waals surface area contributed by atoms with Gasteiger partial charge in [-0.3, -0.25) is 0 Å². The number of benzene rings is 8. The summed E-state index contributed by atoms with van der Waals surface area (Å²) in [5, 5.41) is 0. The zero-order chi connectivity index (χ0) is 52.4. The van der Waals surface area contributed by atoms with Gasteiger partial charge < -0.3 is 14.7 Å². The van der Waals surface area contributed by atoms with Crippen molar-refractivity contribution in [2.75, 3.05) is 14.7 Å². The Kier molecular flexibility index (Phi) is 10.3. The molecule has 0 N–H and O–H groups in total. The molecule has 5 aliphatic rings. The molecule has 0 saturated heterocycles. The largest absolute Gasteiger partial charge is 0.334 e. The number of nitrogens with zero attached hydrogens (tertiary/aromatic N) is 3. The molecule has 8 aromatic rings. The van der Waals surface area contributed by atoms with Crippen LogP contribution in [0.3, 0.4) is 0 Å². The first-order chi connectivity index (χ1) is 35.6. The van der Waals surface area contributed by atoms with Gasteiger partial charge in [-0.15, -0.1) is 0 Å². The van der Waals surface area contributed by atoms with Crippen molar-refractivity contribution < 1.29 is 0 Å². The maximum absolute atomic E-state index is 2.81. The molecular weight excluding hydrogens is 906 g/mol. The lowest BCUT2D eigenvalue weighted by Gasteiger charge is -2.51. The minimum Gasteiger partial charge on any atom is -0.334 e. The molecular formula is C71H74BN3. The van der Waals surface area contributed by atoms with Crippen LogP contribution in [0.2, 0.25) is 0 Å². The van der Waals surface area contributed by atoms with Gasteiger partial charge in [0.2, 0.25) is 0 Å². The minimum absolute atomic E-state index is 0.00769. The monoisotopic (exact) mass is 980 g/mol. The summed E-state index contributed by atoms with van der Waals surface area (Å²) in [7, 11) is 0. The Balaban J connectivity index is 1.20. The highest BCUT2D eigenvalue weighted by atomic mass is 15.3. The van der Waals surface area contributed by atoms with E-state index < -0.39 is 0 Å². The lowest BCUT2D eigenvalue weighted by Crippen LogP contribution is -2.62. The summed E-state index contributed by atoms with van der Waals surface area (Å²) in [4.78, 5) is 8.18. The predicted octanol–water partition coefficient (Wildman–Crippen LogP) is 17.4. The SMILES string of the molecule is CC(C)(C)c1ccc(N2c3ccc(C(C)(C)C)cc3B3c4cc5c(cc4N(c4ccc(C(C)(C)C)cc4-c4ccccc4)c4cc(N6c7ccccc7C7(C)CCCCC67C)cc2c43)-c2ccccc2C5(C)C)cc1. The van der Waals surface area contributed by atoms with Crippen LogP contribution in [0.25, 0.3) is 22.3 Å². The highest BCUT2D eigenvalue weighted by molar-refractivity contribution is 7.00. The van der Waals surface area contributed by atoms with Crippen molar-refractivity contribution in [1.29, 1.82) is 0 Å². The molecule has 0 aromatic heterocycles. The van der Waals surface area contributed by atoms with E-state index in [-0.39, 0.29) is 39.3 Å². The molecule has 13 rings (SSSR count). The number of hydrogen-bond donors (Lipinski definition) is 0. The van der Waals surface area contributed by atoms with Crippen LogP contribution in [0.5, 0.6) is 0 Å². The Labute approximate surface area is 448 Å². The second-order valence-corrected chi connectivity index (χ2v) is 27.0. The van der Waals surface area contributed by atoms with Gasteiger partial charge in [0.1, 0.15) is 0 Å². The Morgan fingerprint density at radius 3 is 1.67 bits per heavy atom. The molecule has 3 aliphatic heterocycles. The third kappa shape index (κ3) is 6.92. The molecule has 3 nitrogen and oxygen atoms in total. The van der Waals surface area contributed by atoms with Crippen molar-refractivity contribution in [3.63, 3.8) is 0 Å². The van der Waals surface area contributed by atoms with Crippen LogP contribution in [0.4, 0.5) is 45.5 Å². The number of fused-ring (bicyclic) bond motifs is 10. The van der Waals surface area contributed by atoms with Gasteiger partial charge in [-0.1, -0.05) is 205 Å². The topological polar surface area (TPSA) is 9.72 Å². The molecule has 1 saturated carbocycles. The Hall–Kier alpha value is -6.78. The quantitative estimate of drug-likeness (QED) is 0.163. The van der Waals surface area contributed by atoms with Crippen LogP contribution < -0.4 is 31.1 Å². The molecule has 0 bridgehead atoms. The number of rotatable bonds is 4. The molecule has 1 fully saturated rings. The number of para-hydroxylation sites is 1. The van der Waals surface area contributed by atoms with Gasteiger partial charge in [0, 0.05) is 56.2 Å². The van der Waals surface area contributed by atoms with Gasteiger partial charge in [-0.05, 0) is 157 Å². The van der Waals surface area contributed by atoms with Crippen molar-refractivity contribution >= 4 is 68.6 Å². The summed E-state index contributed by atoms with van der Waals surface area (Å²) in [6.45, 7) is 31.1. The zero-order valence-electron chi connectivity index (χ0n) is 46.8. The molecule has 2 atom stereocenters. The van der Waals surface area contributed by atoms with Gasteiger partial charge in [0.25, 0.3) is 6.71 Å².